The number of hydrogen-bond acceptors (Lipinski definition) is 5. The van der Waals surface area contributed by atoms with Crippen molar-refractivity contribution in [1.29, 1.82) is 0 Å². The molecule has 0 amide bonds. The van der Waals surface area contributed by atoms with E-state index in [0.29, 0.717) is 6.04 Å². The highest BCUT2D eigenvalue weighted by Crippen LogP contribution is 2.25. The predicted molar refractivity (Wildman–Crippen MR) is 94.7 cm³/mol. The summed E-state index contributed by atoms with van der Waals surface area (Å²) in [5.74, 6) is 0.952. The van der Waals surface area contributed by atoms with Gasteiger partial charge in [-0.1, -0.05) is 17.7 Å². The number of ether oxygens (including phenoxy) is 1. The first-order chi connectivity index (χ1) is 11.8. The number of benzene rings is 1. The third-order valence-corrected chi connectivity index (χ3v) is 5.06. The van der Waals surface area contributed by atoms with Crippen molar-refractivity contribution < 1.29 is 4.74 Å². The first-order valence-electron chi connectivity index (χ1n) is 8.78. The van der Waals surface area contributed by atoms with Crippen LogP contribution in [0.1, 0.15) is 23.2 Å². The second-order valence-electron chi connectivity index (χ2n) is 6.69. The molecule has 126 valence electrons. The van der Waals surface area contributed by atoms with Gasteiger partial charge in [-0.25, -0.2) is 9.97 Å². The van der Waals surface area contributed by atoms with Crippen LogP contribution in [0.25, 0.3) is 0 Å². The summed E-state index contributed by atoms with van der Waals surface area (Å²) in [5.41, 5.74) is 4.78. The Balaban J connectivity index is 1.53. The molecule has 0 bridgehead atoms. The van der Waals surface area contributed by atoms with Crippen LogP contribution in [0, 0.1) is 6.92 Å². The molecular weight excluding hydrogens is 300 g/mol. The van der Waals surface area contributed by atoms with Crippen LogP contribution >= 0.6 is 0 Å². The van der Waals surface area contributed by atoms with Gasteiger partial charge in [-0.3, -0.25) is 4.90 Å². The van der Waals surface area contributed by atoms with Crippen molar-refractivity contribution in [3.63, 3.8) is 0 Å². The van der Waals surface area contributed by atoms with Gasteiger partial charge >= 0.3 is 0 Å². The maximum Gasteiger partial charge on any atom is 0.137 e. The third kappa shape index (κ3) is 3.28. The Morgan fingerprint density at radius 1 is 1.12 bits per heavy atom. The molecule has 4 rings (SSSR count). The van der Waals surface area contributed by atoms with Crippen LogP contribution in [0.15, 0.2) is 30.6 Å². The Kier molecular flexibility index (Phi) is 4.45. The van der Waals surface area contributed by atoms with E-state index in [-0.39, 0.29) is 0 Å². The van der Waals surface area contributed by atoms with Gasteiger partial charge in [0.2, 0.25) is 0 Å². The summed E-state index contributed by atoms with van der Waals surface area (Å²) in [5, 5.41) is 3.48. The van der Waals surface area contributed by atoms with Crippen molar-refractivity contribution in [3.05, 3.63) is 47.4 Å². The van der Waals surface area contributed by atoms with Crippen LogP contribution in [-0.2, 0) is 17.6 Å². The van der Waals surface area contributed by atoms with Crippen molar-refractivity contribution >= 4 is 11.5 Å². The lowest BCUT2D eigenvalue weighted by atomic mass is 10.1. The molecule has 24 heavy (non-hydrogen) atoms. The molecule has 1 aromatic heterocycles. The minimum absolute atomic E-state index is 0.570. The van der Waals surface area contributed by atoms with Gasteiger partial charge in [-0.05, 0) is 31.9 Å². The second kappa shape index (κ2) is 6.87. The summed E-state index contributed by atoms with van der Waals surface area (Å²) < 4.78 is 5.56. The lowest BCUT2D eigenvalue weighted by molar-refractivity contribution is 0.147. The van der Waals surface area contributed by atoms with Gasteiger partial charge < -0.3 is 10.1 Å². The monoisotopic (exact) mass is 324 g/mol. The first kappa shape index (κ1) is 15.5. The van der Waals surface area contributed by atoms with Crippen molar-refractivity contribution in [1.82, 2.24) is 14.9 Å². The van der Waals surface area contributed by atoms with Crippen LogP contribution in [0.5, 0.6) is 0 Å². The lowest BCUT2D eigenvalue weighted by Gasteiger charge is -2.25. The molecule has 5 nitrogen and oxygen atoms in total. The zero-order valence-electron chi connectivity index (χ0n) is 14.2. The van der Waals surface area contributed by atoms with Crippen LogP contribution in [0.3, 0.4) is 0 Å². The maximum atomic E-state index is 5.56. The van der Waals surface area contributed by atoms with Crippen LogP contribution < -0.4 is 5.32 Å². The Hall–Kier alpha value is -1.98. The molecule has 1 aromatic carbocycles. The molecule has 3 heterocycles. The summed E-state index contributed by atoms with van der Waals surface area (Å²) in [6.07, 6.45) is 4.80. The number of fused-ring (bicyclic) bond motifs is 1. The Morgan fingerprint density at radius 2 is 1.96 bits per heavy atom. The number of aromatic nitrogens is 2. The fraction of sp³-hybridized carbons (Fsp3) is 0.474. The summed E-state index contributed by atoms with van der Waals surface area (Å²) in [4.78, 5) is 11.6. The van der Waals surface area contributed by atoms with Gasteiger partial charge in [0.05, 0.1) is 12.3 Å². The largest absolute Gasteiger partial charge is 0.380 e. The number of anilines is 2. The van der Waals surface area contributed by atoms with E-state index in [0.717, 1.165) is 57.1 Å². The van der Waals surface area contributed by atoms with E-state index in [9.17, 15) is 0 Å². The summed E-state index contributed by atoms with van der Waals surface area (Å²) in [7, 11) is 0. The SMILES string of the molecule is Cc1ccc(Nc2ncnc3c2CCN([C@@H]2CCOC2)CC3)cc1. The van der Waals surface area contributed by atoms with E-state index >= 15 is 0 Å². The van der Waals surface area contributed by atoms with E-state index in [4.69, 9.17) is 4.74 Å². The van der Waals surface area contributed by atoms with Crippen molar-refractivity contribution in [2.24, 2.45) is 0 Å². The highest BCUT2D eigenvalue weighted by molar-refractivity contribution is 5.60. The van der Waals surface area contributed by atoms with Gasteiger partial charge in [0.25, 0.3) is 0 Å². The standard InChI is InChI=1S/C19H24N4O/c1-14-2-4-15(5-3-14)22-19-17-6-9-23(16-8-11-24-12-16)10-7-18(17)20-13-21-19/h2-5,13,16H,6-12H2,1H3,(H,20,21,22)/t16-/m1/s1. The van der Waals surface area contributed by atoms with Gasteiger partial charge in [-0.2, -0.15) is 0 Å². The van der Waals surface area contributed by atoms with Gasteiger partial charge in [0, 0.05) is 43.4 Å². The Morgan fingerprint density at radius 3 is 2.75 bits per heavy atom. The average molecular weight is 324 g/mol. The summed E-state index contributed by atoms with van der Waals surface area (Å²) >= 11 is 0. The van der Waals surface area contributed by atoms with E-state index < -0.39 is 0 Å². The zero-order valence-corrected chi connectivity index (χ0v) is 14.2. The molecule has 1 atom stereocenters. The van der Waals surface area contributed by atoms with E-state index in [2.05, 4.69) is 51.4 Å². The predicted octanol–water partition coefficient (Wildman–Crippen LogP) is 2.72. The molecule has 2 aliphatic rings. The van der Waals surface area contributed by atoms with Crippen LogP contribution in [0.2, 0.25) is 0 Å². The molecule has 0 unspecified atom stereocenters. The number of nitrogens with zero attached hydrogens (tertiary/aromatic N) is 3. The molecule has 1 fully saturated rings. The zero-order chi connectivity index (χ0) is 16.4. The Labute approximate surface area is 143 Å². The number of nitrogens with one attached hydrogen (secondary N) is 1. The fourth-order valence-electron chi connectivity index (χ4n) is 3.60. The molecule has 0 radical (unpaired) electrons. The third-order valence-electron chi connectivity index (χ3n) is 5.06. The average Bonchev–Trinajstić information content (AvgIpc) is 3.04. The van der Waals surface area contributed by atoms with Crippen molar-refractivity contribution in [3.8, 4) is 0 Å². The van der Waals surface area contributed by atoms with Crippen molar-refractivity contribution in [2.45, 2.75) is 32.2 Å². The molecule has 5 heteroatoms. The number of rotatable bonds is 3. The molecule has 2 aromatic rings. The summed E-state index contributed by atoms with van der Waals surface area (Å²) in [6, 6.07) is 9.00. The highest BCUT2D eigenvalue weighted by atomic mass is 16.5. The Bertz CT molecular complexity index is 695. The molecule has 0 aliphatic carbocycles. The van der Waals surface area contributed by atoms with Crippen LogP contribution in [-0.4, -0.2) is 47.2 Å². The van der Waals surface area contributed by atoms with Crippen molar-refractivity contribution in [2.75, 3.05) is 31.6 Å². The molecule has 0 spiro atoms. The maximum absolute atomic E-state index is 5.56. The van der Waals surface area contributed by atoms with E-state index in [1.165, 1.54) is 16.8 Å². The van der Waals surface area contributed by atoms with E-state index in [1.54, 1.807) is 6.33 Å². The minimum atomic E-state index is 0.570. The topological polar surface area (TPSA) is 50.3 Å². The number of hydrogen-bond donors (Lipinski definition) is 1. The highest BCUT2D eigenvalue weighted by Gasteiger charge is 2.26. The summed E-state index contributed by atoms with van der Waals surface area (Å²) in [6.45, 7) is 5.98. The minimum Gasteiger partial charge on any atom is -0.380 e. The lowest BCUT2D eigenvalue weighted by Crippen LogP contribution is -2.37. The molecule has 1 saturated heterocycles. The number of aryl methyl sites for hydroxylation is 1. The quantitative estimate of drug-likeness (QED) is 0.941. The molecule has 2 aliphatic heterocycles. The molecular formula is C19H24N4O. The van der Waals surface area contributed by atoms with Gasteiger partial charge in [0.15, 0.2) is 0 Å². The fourth-order valence-corrected chi connectivity index (χ4v) is 3.60. The first-order valence-corrected chi connectivity index (χ1v) is 8.78. The second-order valence-corrected chi connectivity index (χ2v) is 6.69. The molecule has 0 saturated carbocycles. The van der Waals surface area contributed by atoms with E-state index in [1.807, 2.05) is 0 Å². The molecule has 1 N–H and O–H groups in total. The normalized spacial score (nSPS) is 21.3. The smallest absolute Gasteiger partial charge is 0.137 e. The van der Waals surface area contributed by atoms with Gasteiger partial charge in [-0.15, -0.1) is 0 Å². The van der Waals surface area contributed by atoms with Crippen LogP contribution in [0.4, 0.5) is 11.5 Å². The van der Waals surface area contributed by atoms with Gasteiger partial charge in [0.1, 0.15) is 12.1 Å².